The molecular weight excluding hydrogens is 369 g/mol. The van der Waals surface area contributed by atoms with Crippen LogP contribution in [0.4, 0.5) is 10.1 Å². The summed E-state index contributed by atoms with van der Waals surface area (Å²) in [5, 5.41) is -0.103. The molecule has 0 saturated carbocycles. The van der Waals surface area contributed by atoms with E-state index in [1.807, 2.05) is 0 Å². The molecule has 7 heteroatoms. The zero-order chi connectivity index (χ0) is 14.9. The van der Waals surface area contributed by atoms with Gasteiger partial charge in [0.2, 0.25) is 0 Å². The number of halogens is 3. The molecule has 0 heterocycles. The van der Waals surface area contributed by atoms with Crippen LogP contribution < -0.4 is 5.73 Å². The van der Waals surface area contributed by atoms with Gasteiger partial charge in [0.05, 0.1) is 15.7 Å². The van der Waals surface area contributed by atoms with Crippen molar-refractivity contribution in [2.75, 3.05) is 5.73 Å². The van der Waals surface area contributed by atoms with Crippen LogP contribution in [-0.2, 0) is 15.6 Å². The van der Waals surface area contributed by atoms with E-state index in [-0.39, 0.29) is 15.7 Å². The van der Waals surface area contributed by atoms with Gasteiger partial charge < -0.3 is 5.73 Å². The predicted molar refractivity (Wildman–Crippen MR) is 80.9 cm³/mol. The second kappa shape index (κ2) is 5.71. The summed E-state index contributed by atoms with van der Waals surface area (Å²) in [6, 6.07) is 8.30. The molecule has 0 saturated heterocycles. The molecule has 0 unspecified atom stereocenters. The highest BCUT2D eigenvalue weighted by Crippen LogP contribution is 2.28. The average Bonchev–Trinajstić information content (AvgIpc) is 2.33. The van der Waals surface area contributed by atoms with E-state index in [1.165, 1.54) is 30.3 Å². The van der Waals surface area contributed by atoms with Crippen LogP contribution in [0.3, 0.4) is 0 Å². The number of hydrogen-bond acceptors (Lipinski definition) is 3. The van der Waals surface area contributed by atoms with E-state index in [2.05, 4.69) is 15.9 Å². The minimum absolute atomic E-state index is 0.103. The molecule has 0 amide bonds. The van der Waals surface area contributed by atoms with Gasteiger partial charge in [-0.05, 0) is 51.8 Å². The molecule has 0 radical (unpaired) electrons. The summed E-state index contributed by atoms with van der Waals surface area (Å²) in [7, 11) is -3.57. The van der Waals surface area contributed by atoms with Crippen LogP contribution in [0.25, 0.3) is 0 Å². The minimum atomic E-state index is -3.57. The molecule has 0 spiro atoms. The summed E-state index contributed by atoms with van der Waals surface area (Å²) >= 11 is 8.82. The Bertz CT molecular complexity index is 765. The van der Waals surface area contributed by atoms with Crippen molar-refractivity contribution in [3.8, 4) is 0 Å². The molecule has 0 aliphatic carbocycles. The monoisotopic (exact) mass is 377 g/mol. The number of hydrogen-bond donors (Lipinski definition) is 1. The van der Waals surface area contributed by atoms with Gasteiger partial charge in [-0.2, -0.15) is 0 Å². The first-order chi connectivity index (χ1) is 9.29. The molecule has 106 valence electrons. The van der Waals surface area contributed by atoms with Crippen molar-refractivity contribution in [2.45, 2.75) is 10.6 Å². The Morgan fingerprint density at radius 1 is 1.20 bits per heavy atom. The molecule has 0 atom stereocenters. The molecule has 0 bridgehead atoms. The highest BCUT2D eigenvalue weighted by Gasteiger charge is 2.19. The quantitative estimate of drug-likeness (QED) is 0.827. The molecule has 2 rings (SSSR count). The van der Waals surface area contributed by atoms with Crippen LogP contribution in [0, 0.1) is 5.82 Å². The van der Waals surface area contributed by atoms with E-state index in [9.17, 15) is 12.8 Å². The van der Waals surface area contributed by atoms with E-state index in [0.29, 0.717) is 15.7 Å². The molecule has 3 nitrogen and oxygen atoms in total. The predicted octanol–water partition coefficient (Wildman–Crippen LogP) is 3.80. The molecule has 2 aromatic rings. The molecule has 0 fully saturated rings. The Labute approximate surface area is 129 Å². The van der Waals surface area contributed by atoms with Crippen molar-refractivity contribution in [2.24, 2.45) is 0 Å². The number of benzene rings is 2. The Hall–Kier alpha value is -1.11. The number of rotatable bonds is 3. The number of nitrogens with two attached hydrogens (primary N) is 1. The maximum absolute atomic E-state index is 13.1. The van der Waals surface area contributed by atoms with Crippen LogP contribution in [0.15, 0.2) is 45.8 Å². The average molecular weight is 379 g/mol. The maximum Gasteiger partial charge on any atom is 0.183 e. The van der Waals surface area contributed by atoms with E-state index in [1.54, 1.807) is 0 Å². The zero-order valence-corrected chi connectivity index (χ0v) is 13.3. The lowest BCUT2D eigenvalue weighted by Gasteiger charge is -2.08. The van der Waals surface area contributed by atoms with Gasteiger partial charge in [-0.1, -0.05) is 17.7 Å². The van der Waals surface area contributed by atoms with Crippen LogP contribution in [0.1, 0.15) is 5.56 Å². The molecule has 0 aliphatic rings. The fourth-order valence-corrected chi connectivity index (χ4v) is 4.44. The standard InChI is InChI=1S/C13H10BrClFNO2S/c14-10-6-9(17)2-4-13(10)20(18,19)7-8-1-3-12(16)11(15)5-8/h1-6H,7,17H2. The van der Waals surface area contributed by atoms with E-state index in [0.717, 1.165) is 6.07 Å². The first-order valence-electron chi connectivity index (χ1n) is 5.51. The van der Waals surface area contributed by atoms with Crippen LogP contribution in [0.5, 0.6) is 0 Å². The van der Waals surface area contributed by atoms with Crippen molar-refractivity contribution in [1.82, 2.24) is 0 Å². The molecule has 20 heavy (non-hydrogen) atoms. The smallest absolute Gasteiger partial charge is 0.183 e. The van der Waals surface area contributed by atoms with Gasteiger partial charge in [0.1, 0.15) is 5.82 Å². The third-order valence-electron chi connectivity index (χ3n) is 2.63. The highest BCUT2D eigenvalue weighted by molar-refractivity contribution is 9.10. The van der Waals surface area contributed by atoms with Gasteiger partial charge >= 0.3 is 0 Å². The normalized spacial score (nSPS) is 11.6. The number of anilines is 1. The fraction of sp³-hybridized carbons (Fsp3) is 0.0769. The zero-order valence-electron chi connectivity index (χ0n) is 10.1. The van der Waals surface area contributed by atoms with Crippen molar-refractivity contribution in [3.63, 3.8) is 0 Å². The lowest BCUT2D eigenvalue weighted by molar-refractivity contribution is 0.594. The molecule has 0 aliphatic heterocycles. The van der Waals surface area contributed by atoms with Gasteiger partial charge in [0, 0.05) is 10.2 Å². The Balaban J connectivity index is 2.38. The third-order valence-corrected chi connectivity index (χ3v) is 5.58. The Morgan fingerprint density at radius 3 is 2.50 bits per heavy atom. The topological polar surface area (TPSA) is 60.2 Å². The number of sulfone groups is 1. The van der Waals surface area contributed by atoms with Crippen molar-refractivity contribution in [1.29, 1.82) is 0 Å². The van der Waals surface area contributed by atoms with E-state index < -0.39 is 15.7 Å². The second-order valence-corrected chi connectivity index (χ2v) is 7.42. The second-order valence-electron chi connectivity index (χ2n) is 4.20. The van der Waals surface area contributed by atoms with Crippen LogP contribution in [-0.4, -0.2) is 8.42 Å². The summed E-state index contributed by atoms with van der Waals surface area (Å²) in [6.45, 7) is 0. The summed E-state index contributed by atoms with van der Waals surface area (Å²) < 4.78 is 38.1. The van der Waals surface area contributed by atoms with E-state index in [4.69, 9.17) is 17.3 Å². The lowest BCUT2D eigenvalue weighted by atomic mass is 10.2. The van der Waals surface area contributed by atoms with Crippen LogP contribution in [0.2, 0.25) is 5.02 Å². The van der Waals surface area contributed by atoms with Crippen molar-refractivity contribution >= 4 is 43.1 Å². The molecule has 2 N–H and O–H groups in total. The summed E-state index contributed by atoms with van der Waals surface area (Å²) in [5.74, 6) is -0.850. The first kappa shape index (κ1) is 15.3. The largest absolute Gasteiger partial charge is 0.399 e. The first-order valence-corrected chi connectivity index (χ1v) is 8.33. The van der Waals surface area contributed by atoms with Gasteiger partial charge in [-0.25, -0.2) is 12.8 Å². The Morgan fingerprint density at radius 2 is 1.90 bits per heavy atom. The summed E-state index contributed by atoms with van der Waals surface area (Å²) in [6.07, 6.45) is 0. The van der Waals surface area contributed by atoms with Gasteiger partial charge in [0.15, 0.2) is 9.84 Å². The van der Waals surface area contributed by atoms with Crippen molar-refractivity contribution < 1.29 is 12.8 Å². The van der Waals surface area contributed by atoms with Gasteiger partial charge in [0.25, 0.3) is 0 Å². The minimum Gasteiger partial charge on any atom is -0.399 e. The molecular formula is C13H10BrClFNO2S. The lowest BCUT2D eigenvalue weighted by Crippen LogP contribution is -2.06. The molecule has 2 aromatic carbocycles. The highest BCUT2D eigenvalue weighted by atomic mass is 79.9. The summed E-state index contributed by atoms with van der Waals surface area (Å²) in [5.41, 5.74) is 6.45. The Kier molecular flexibility index (Phi) is 4.36. The SMILES string of the molecule is Nc1ccc(S(=O)(=O)Cc2ccc(F)c(Cl)c2)c(Br)c1. The summed E-state index contributed by atoms with van der Waals surface area (Å²) in [4.78, 5) is 0.132. The molecule has 0 aromatic heterocycles. The van der Waals surface area contributed by atoms with Crippen molar-refractivity contribution in [3.05, 3.63) is 57.3 Å². The fourth-order valence-electron chi connectivity index (χ4n) is 1.70. The number of nitrogen functional groups attached to an aromatic ring is 1. The van der Waals surface area contributed by atoms with Gasteiger partial charge in [-0.3, -0.25) is 0 Å². The third kappa shape index (κ3) is 3.31. The maximum atomic E-state index is 13.1. The van der Waals surface area contributed by atoms with Gasteiger partial charge in [-0.15, -0.1) is 0 Å². The van der Waals surface area contributed by atoms with E-state index >= 15 is 0 Å². The van der Waals surface area contributed by atoms with Crippen LogP contribution >= 0.6 is 27.5 Å².